The molecule has 1 aromatic heterocycles. The highest BCUT2D eigenvalue weighted by atomic mass is 16.5. The quantitative estimate of drug-likeness (QED) is 0.850. The Morgan fingerprint density at radius 1 is 1.47 bits per heavy atom. The number of hydrogen-bond acceptors (Lipinski definition) is 3. The van der Waals surface area contributed by atoms with Crippen LogP contribution in [0.4, 0.5) is 0 Å². The number of aromatic nitrogens is 1. The van der Waals surface area contributed by atoms with Crippen molar-refractivity contribution in [3.63, 3.8) is 0 Å². The Labute approximate surface area is 113 Å². The van der Waals surface area contributed by atoms with Gasteiger partial charge in [-0.1, -0.05) is 0 Å². The summed E-state index contributed by atoms with van der Waals surface area (Å²) in [5, 5.41) is 0. The summed E-state index contributed by atoms with van der Waals surface area (Å²) in [7, 11) is 1.64. The molecule has 0 radical (unpaired) electrons. The third kappa shape index (κ3) is 2.53. The van der Waals surface area contributed by atoms with E-state index in [0.717, 1.165) is 26.2 Å². The van der Waals surface area contributed by atoms with E-state index in [0.29, 0.717) is 25.0 Å². The van der Waals surface area contributed by atoms with Crippen molar-refractivity contribution in [2.75, 3.05) is 33.4 Å². The van der Waals surface area contributed by atoms with Crippen LogP contribution in [0.3, 0.4) is 0 Å². The van der Waals surface area contributed by atoms with Crippen molar-refractivity contribution in [3.05, 3.63) is 24.0 Å². The maximum atomic E-state index is 12.0. The molecule has 2 aliphatic rings. The van der Waals surface area contributed by atoms with Crippen molar-refractivity contribution in [1.29, 1.82) is 0 Å². The average Bonchev–Trinajstić information content (AvgIpc) is 3.01. The van der Waals surface area contributed by atoms with Gasteiger partial charge in [-0.15, -0.1) is 0 Å². The van der Waals surface area contributed by atoms with E-state index in [-0.39, 0.29) is 5.91 Å². The van der Waals surface area contributed by atoms with Gasteiger partial charge < -0.3 is 14.6 Å². The minimum atomic E-state index is 0.232. The topological polar surface area (TPSA) is 48.6 Å². The maximum Gasteiger partial charge on any atom is 0.224 e. The van der Waals surface area contributed by atoms with Crippen molar-refractivity contribution < 1.29 is 9.53 Å². The molecule has 0 aliphatic carbocycles. The number of rotatable bonds is 5. The third-order valence-electron chi connectivity index (χ3n) is 4.25. The van der Waals surface area contributed by atoms with E-state index < -0.39 is 0 Å². The molecule has 104 valence electrons. The standard InChI is InChI=1S/C14H21N3O2/c1-19-6-4-14(18)17-8-11-7-16(13(11)10-17)9-12-3-2-5-15-12/h2-3,5,11,13,15H,4,6-10H2,1H3. The van der Waals surface area contributed by atoms with Crippen LogP contribution in [0, 0.1) is 5.92 Å². The first kappa shape index (κ1) is 12.7. The number of carbonyl (C=O) groups excluding carboxylic acids is 1. The van der Waals surface area contributed by atoms with Crippen molar-refractivity contribution in [3.8, 4) is 0 Å². The van der Waals surface area contributed by atoms with E-state index in [2.05, 4.69) is 16.0 Å². The molecule has 2 unspecified atom stereocenters. The normalized spacial score (nSPS) is 26.3. The summed E-state index contributed by atoms with van der Waals surface area (Å²) < 4.78 is 4.97. The molecule has 2 fully saturated rings. The number of fused-ring (bicyclic) bond motifs is 1. The van der Waals surface area contributed by atoms with Gasteiger partial charge in [0.1, 0.15) is 0 Å². The predicted molar refractivity (Wildman–Crippen MR) is 71.6 cm³/mol. The van der Waals surface area contributed by atoms with E-state index in [9.17, 15) is 4.79 Å². The van der Waals surface area contributed by atoms with Gasteiger partial charge in [-0.05, 0) is 12.1 Å². The molecule has 0 aromatic carbocycles. The molecule has 1 aromatic rings. The van der Waals surface area contributed by atoms with Gasteiger partial charge in [0.15, 0.2) is 0 Å². The second-order valence-electron chi connectivity index (χ2n) is 5.49. The lowest BCUT2D eigenvalue weighted by molar-refractivity contribution is -0.131. The maximum absolute atomic E-state index is 12.0. The highest BCUT2D eigenvalue weighted by molar-refractivity contribution is 5.76. The fourth-order valence-electron chi connectivity index (χ4n) is 3.16. The summed E-state index contributed by atoms with van der Waals surface area (Å²) in [6.45, 7) is 4.41. The van der Waals surface area contributed by atoms with Gasteiger partial charge >= 0.3 is 0 Å². The number of nitrogens with zero attached hydrogens (tertiary/aromatic N) is 2. The first-order valence-corrected chi connectivity index (χ1v) is 6.91. The van der Waals surface area contributed by atoms with Gasteiger partial charge in [0.05, 0.1) is 13.0 Å². The van der Waals surface area contributed by atoms with E-state index >= 15 is 0 Å². The van der Waals surface area contributed by atoms with Crippen molar-refractivity contribution in [2.45, 2.75) is 19.0 Å². The van der Waals surface area contributed by atoms with Crippen LogP contribution >= 0.6 is 0 Å². The van der Waals surface area contributed by atoms with Gasteiger partial charge in [-0.3, -0.25) is 9.69 Å². The summed E-state index contributed by atoms with van der Waals surface area (Å²) in [6.07, 6.45) is 2.47. The van der Waals surface area contributed by atoms with E-state index in [4.69, 9.17) is 4.74 Å². The van der Waals surface area contributed by atoms with Crippen molar-refractivity contribution >= 4 is 5.91 Å². The van der Waals surface area contributed by atoms with Crippen LogP contribution in [0.15, 0.2) is 18.3 Å². The van der Waals surface area contributed by atoms with E-state index in [1.54, 1.807) is 7.11 Å². The molecule has 2 atom stereocenters. The molecule has 0 bridgehead atoms. The summed E-state index contributed by atoms with van der Waals surface area (Å²) in [5.74, 6) is 0.900. The van der Waals surface area contributed by atoms with Crippen LogP contribution < -0.4 is 0 Å². The molecular weight excluding hydrogens is 242 g/mol. The minimum absolute atomic E-state index is 0.232. The SMILES string of the molecule is COCCC(=O)N1CC2CN(Cc3ccc[nH]3)C2C1. The molecule has 5 nitrogen and oxygen atoms in total. The third-order valence-corrected chi connectivity index (χ3v) is 4.25. The molecule has 3 rings (SSSR count). The monoisotopic (exact) mass is 263 g/mol. The van der Waals surface area contributed by atoms with Crippen molar-refractivity contribution in [2.24, 2.45) is 5.92 Å². The lowest BCUT2D eigenvalue weighted by Gasteiger charge is -2.43. The summed E-state index contributed by atoms with van der Waals surface area (Å²) in [4.78, 5) is 19.7. The average molecular weight is 263 g/mol. The zero-order valence-corrected chi connectivity index (χ0v) is 11.3. The minimum Gasteiger partial charge on any atom is -0.384 e. The summed E-state index contributed by atoms with van der Waals surface area (Å²) in [5.41, 5.74) is 1.25. The second kappa shape index (κ2) is 5.35. The number of ether oxygens (including phenoxy) is 1. The second-order valence-corrected chi connectivity index (χ2v) is 5.49. The molecule has 2 aliphatic heterocycles. The van der Waals surface area contributed by atoms with Gasteiger partial charge in [0, 0.05) is 57.1 Å². The Morgan fingerprint density at radius 2 is 2.37 bits per heavy atom. The van der Waals surface area contributed by atoms with Gasteiger partial charge in [0.2, 0.25) is 5.91 Å². The zero-order valence-electron chi connectivity index (χ0n) is 11.3. The Morgan fingerprint density at radius 3 is 3.11 bits per heavy atom. The highest BCUT2D eigenvalue weighted by Crippen LogP contribution is 2.33. The molecule has 19 heavy (non-hydrogen) atoms. The van der Waals surface area contributed by atoms with E-state index in [1.165, 1.54) is 5.69 Å². The number of carbonyl (C=O) groups is 1. The first-order chi connectivity index (χ1) is 9.28. The number of methoxy groups -OCH3 is 1. The number of amides is 1. The molecule has 1 amide bonds. The van der Waals surface area contributed by atoms with Crippen LogP contribution in [0.2, 0.25) is 0 Å². The fourth-order valence-corrected chi connectivity index (χ4v) is 3.16. The molecule has 1 N–H and O–H groups in total. The lowest BCUT2D eigenvalue weighted by Crippen LogP contribution is -2.54. The number of nitrogens with one attached hydrogen (secondary N) is 1. The largest absolute Gasteiger partial charge is 0.384 e. The smallest absolute Gasteiger partial charge is 0.224 e. The van der Waals surface area contributed by atoms with Gasteiger partial charge in [-0.25, -0.2) is 0 Å². The molecule has 3 heterocycles. The summed E-state index contributed by atoms with van der Waals surface area (Å²) >= 11 is 0. The van der Waals surface area contributed by atoms with Crippen LogP contribution in [-0.2, 0) is 16.1 Å². The predicted octanol–water partition coefficient (Wildman–Crippen LogP) is 0.694. The fraction of sp³-hybridized carbons (Fsp3) is 0.643. The Kier molecular flexibility index (Phi) is 3.57. The van der Waals surface area contributed by atoms with Gasteiger partial charge in [-0.2, -0.15) is 0 Å². The number of H-pyrrole nitrogens is 1. The molecule has 2 saturated heterocycles. The summed E-state index contributed by atoms with van der Waals surface area (Å²) in [6, 6.07) is 4.70. The van der Waals surface area contributed by atoms with Crippen molar-refractivity contribution in [1.82, 2.24) is 14.8 Å². The lowest BCUT2D eigenvalue weighted by atomic mass is 9.92. The Hall–Kier alpha value is -1.33. The molecule has 0 spiro atoms. The molecule has 0 saturated carbocycles. The zero-order chi connectivity index (χ0) is 13.2. The Balaban J connectivity index is 1.50. The highest BCUT2D eigenvalue weighted by Gasteiger charge is 2.46. The number of aromatic amines is 1. The van der Waals surface area contributed by atoms with Crippen LogP contribution in [0.1, 0.15) is 12.1 Å². The van der Waals surface area contributed by atoms with Crippen LogP contribution in [-0.4, -0.2) is 60.1 Å². The van der Waals surface area contributed by atoms with E-state index in [1.807, 2.05) is 17.2 Å². The van der Waals surface area contributed by atoms with Gasteiger partial charge in [0.25, 0.3) is 0 Å². The Bertz CT molecular complexity index is 432. The van der Waals surface area contributed by atoms with Crippen LogP contribution in [0.25, 0.3) is 0 Å². The molecular formula is C14H21N3O2. The first-order valence-electron chi connectivity index (χ1n) is 6.91. The molecule has 5 heteroatoms. The van der Waals surface area contributed by atoms with Crippen LogP contribution in [0.5, 0.6) is 0 Å². The number of likely N-dealkylation sites (tertiary alicyclic amines) is 2. The number of hydrogen-bond donors (Lipinski definition) is 1.